The van der Waals surface area contributed by atoms with Gasteiger partial charge in [-0.25, -0.2) is 4.39 Å². The van der Waals surface area contributed by atoms with Crippen molar-refractivity contribution in [2.45, 2.75) is 24.8 Å². The van der Waals surface area contributed by atoms with Gasteiger partial charge in [-0.1, -0.05) is 24.3 Å². The molecule has 0 aliphatic rings. The molecule has 2 rings (SSSR count). The quantitative estimate of drug-likeness (QED) is 0.819. The number of nitrogens with one attached hydrogen (secondary N) is 1. The first-order chi connectivity index (χ1) is 10.1. The summed E-state index contributed by atoms with van der Waals surface area (Å²) in [5, 5.41) is 2.92. The van der Waals surface area contributed by atoms with E-state index in [2.05, 4.69) is 5.32 Å². The fourth-order valence-electron chi connectivity index (χ4n) is 1.88. The first-order valence-corrected chi connectivity index (χ1v) is 7.83. The van der Waals surface area contributed by atoms with E-state index in [4.69, 9.17) is 0 Å². The van der Waals surface area contributed by atoms with Crippen LogP contribution in [0.3, 0.4) is 0 Å². The Bertz CT molecular complexity index is 598. The number of carbonyl (C=O) groups is 1. The zero-order valence-electron chi connectivity index (χ0n) is 11.9. The molecule has 0 atom stereocenters. The normalized spacial score (nSPS) is 10.4. The van der Waals surface area contributed by atoms with Gasteiger partial charge in [0.15, 0.2) is 0 Å². The number of carbonyl (C=O) groups excluding carboxylic acids is 1. The molecular formula is C17H18FNOS. The van der Waals surface area contributed by atoms with E-state index in [1.54, 1.807) is 23.9 Å². The summed E-state index contributed by atoms with van der Waals surface area (Å²) in [7, 11) is 0. The Morgan fingerprint density at radius 1 is 1.14 bits per heavy atom. The molecule has 2 nitrogen and oxygen atoms in total. The van der Waals surface area contributed by atoms with Crippen molar-refractivity contribution in [3.63, 3.8) is 0 Å². The number of rotatable bonds is 6. The van der Waals surface area contributed by atoms with Crippen LogP contribution in [0, 0.1) is 12.7 Å². The minimum atomic E-state index is -0.240. The van der Waals surface area contributed by atoms with Crippen molar-refractivity contribution in [3.05, 3.63) is 65.5 Å². The first-order valence-electron chi connectivity index (χ1n) is 6.85. The Labute approximate surface area is 128 Å². The van der Waals surface area contributed by atoms with E-state index in [0.717, 1.165) is 10.5 Å². The van der Waals surface area contributed by atoms with Crippen LogP contribution in [-0.2, 0) is 11.3 Å². The number of hydrogen-bond donors (Lipinski definition) is 1. The number of aryl methyl sites for hydroxylation is 1. The smallest absolute Gasteiger partial charge is 0.221 e. The van der Waals surface area contributed by atoms with E-state index in [1.165, 1.54) is 17.7 Å². The number of thioether (sulfide) groups is 1. The monoisotopic (exact) mass is 303 g/mol. The maximum Gasteiger partial charge on any atom is 0.221 e. The van der Waals surface area contributed by atoms with Crippen LogP contribution in [0.15, 0.2) is 53.4 Å². The van der Waals surface area contributed by atoms with E-state index in [1.807, 2.05) is 31.2 Å². The van der Waals surface area contributed by atoms with Crippen LogP contribution in [0.25, 0.3) is 0 Å². The van der Waals surface area contributed by atoms with Crippen LogP contribution in [0.1, 0.15) is 17.5 Å². The van der Waals surface area contributed by atoms with Gasteiger partial charge in [0.2, 0.25) is 5.91 Å². The summed E-state index contributed by atoms with van der Waals surface area (Å²) in [4.78, 5) is 12.8. The second-order valence-electron chi connectivity index (χ2n) is 4.76. The fraction of sp³-hybridized carbons (Fsp3) is 0.235. The van der Waals surface area contributed by atoms with Gasteiger partial charge in [0.1, 0.15) is 5.82 Å². The SMILES string of the molecule is Cc1ccccc1CNC(=O)CCSc1ccc(F)cc1. The van der Waals surface area contributed by atoms with Crippen LogP contribution in [0.4, 0.5) is 4.39 Å². The lowest BCUT2D eigenvalue weighted by Crippen LogP contribution is -2.23. The van der Waals surface area contributed by atoms with Crippen molar-refractivity contribution in [1.82, 2.24) is 5.32 Å². The summed E-state index contributed by atoms with van der Waals surface area (Å²) in [6, 6.07) is 14.3. The lowest BCUT2D eigenvalue weighted by atomic mass is 10.1. The molecule has 0 saturated heterocycles. The third-order valence-electron chi connectivity index (χ3n) is 3.15. The van der Waals surface area contributed by atoms with Gasteiger partial charge in [-0.2, -0.15) is 0 Å². The molecule has 0 saturated carbocycles. The average Bonchev–Trinajstić information content (AvgIpc) is 2.48. The summed E-state index contributed by atoms with van der Waals surface area (Å²) in [6.07, 6.45) is 0.452. The standard InChI is InChI=1S/C17H18FNOS/c1-13-4-2-3-5-14(13)12-19-17(20)10-11-21-16-8-6-15(18)7-9-16/h2-9H,10-12H2,1H3,(H,19,20). The molecule has 0 unspecified atom stereocenters. The number of amides is 1. The number of hydrogen-bond acceptors (Lipinski definition) is 2. The fourth-order valence-corrected chi connectivity index (χ4v) is 2.73. The highest BCUT2D eigenvalue weighted by molar-refractivity contribution is 7.99. The van der Waals surface area contributed by atoms with Gasteiger partial charge in [-0.15, -0.1) is 11.8 Å². The maximum atomic E-state index is 12.8. The Kier molecular flexibility index (Phi) is 5.81. The summed E-state index contributed by atoms with van der Waals surface area (Å²) >= 11 is 1.55. The van der Waals surface area contributed by atoms with E-state index >= 15 is 0 Å². The molecule has 1 N–H and O–H groups in total. The molecule has 0 aromatic heterocycles. The topological polar surface area (TPSA) is 29.1 Å². The van der Waals surface area contributed by atoms with Crippen molar-refractivity contribution in [1.29, 1.82) is 0 Å². The van der Waals surface area contributed by atoms with E-state index in [0.29, 0.717) is 18.7 Å². The molecule has 110 valence electrons. The highest BCUT2D eigenvalue weighted by atomic mass is 32.2. The third-order valence-corrected chi connectivity index (χ3v) is 4.16. The van der Waals surface area contributed by atoms with Crippen LogP contribution in [0.2, 0.25) is 0 Å². The highest BCUT2D eigenvalue weighted by Crippen LogP contribution is 2.18. The zero-order chi connectivity index (χ0) is 15.1. The summed E-state index contributed by atoms with van der Waals surface area (Å²) in [6.45, 7) is 2.60. The van der Waals surface area contributed by atoms with Crippen molar-refractivity contribution in [2.24, 2.45) is 0 Å². The van der Waals surface area contributed by atoms with Crippen molar-refractivity contribution in [3.8, 4) is 0 Å². The molecule has 21 heavy (non-hydrogen) atoms. The first kappa shape index (κ1) is 15.6. The van der Waals surface area contributed by atoms with E-state index in [9.17, 15) is 9.18 Å². The maximum absolute atomic E-state index is 12.8. The summed E-state index contributed by atoms with van der Waals surface area (Å²) < 4.78 is 12.8. The molecule has 0 bridgehead atoms. The Balaban J connectivity index is 1.70. The number of halogens is 1. The van der Waals surface area contributed by atoms with Crippen molar-refractivity contribution >= 4 is 17.7 Å². The summed E-state index contributed by atoms with van der Waals surface area (Å²) in [5.41, 5.74) is 2.32. The largest absolute Gasteiger partial charge is 0.352 e. The van der Waals surface area contributed by atoms with Gasteiger partial charge in [-0.3, -0.25) is 4.79 Å². The third kappa shape index (κ3) is 5.23. The molecule has 4 heteroatoms. The van der Waals surface area contributed by atoms with Gasteiger partial charge in [-0.05, 0) is 42.3 Å². The lowest BCUT2D eigenvalue weighted by Gasteiger charge is -2.07. The second kappa shape index (κ2) is 7.84. The molecule has 2 aromatic rings. The average molecular weight is 303 g/mol. The molecular weight excluding hydrogens is 285 g/mol. The Hall–Kier alpha value is -1.81. The van der Waals surface area contributed by atoms with E-state index in [-0.39, 0.29) is 11.7 Å². The van der Waals surface area contributed by atoms with Crippen LogP contribution in [-0.4, -0.2) is 11.7 Å². The Morgan fingerprint density at radius 3 is 2.57 bits per heavy atom. The molecule has 0 aliphatic heterocycles. The molecule has 0 aliphatic carbocycles. The molecule has 0 radical (unpaired) electrons. The van der Waals surface area contributed by atoms with Crippen LogP contribution < -0.4 is 5.32 Å². The van der Waals surface area contributed by atoms with Crippen molar-refractivity contribution < 1.29 is 9.18 Å². The van der Waals surface area contributed by atoms with E-state index < -0.39 is 0 Å². The van der Waals surface area contributed by atoms with Gasteiger partial charge >= 0.3 is 0 Å². The molecule has 0 heterocycles. The number of benzene rings is 2. The van der Waals surface area contributed by atoms with Crippen molar-refractivity contribution in [2.75, 3.05) is 5.75 Å². The van der Waals surface area contributed by atoms with Gasteiger partial charge in [0.25, 0.3) is 0 Å². The lowest BCUT2D eigenvalue weighted by molar-refractivity contribution is -0.120. The predicted molar refractivity (Wildman–Crippen MR) is 84.8 cm³/mol. The second-order valence-corrected chi connectivity index (χ2v) is 5.92. The minimum Gasteiger partial charge on any atom is -0.352 e. The van der Waals surface area contributed by atoms with Crippen LogP contribution in [0.5, 0.6) is 0 Å². The van der Waals surface area contributed by atoms with Gasteiger partial charge in [0, 0.05) is 23.6 Å². The molecule has 0 spiro atoms. The highest BCUT2D eigenvalue weighted by Gasteiger charge is 2.03. The zero-order valence-corrected chi connectivity index (χ0v) is 12.8. The molecule has 0 fully saturated rings. The van der Waals surface area contributed by atoms with Gasteiger partial charge in [0.05, 0.1) is 0 Å². The minimum absolute atomic E-state index is 0.0351. The molecule has 1 amide bonds. The van der Waals surface area contributed by atoms with Crippen LogP contribution >= 0.6 is 11.8 Å². The predicted octanol–water partition coefficient (Wildman–Crippen LogP) is 3.93. The van der Waals surface area contributed by atoms with Gasteiger partial charge < -0.3 is 5.32 Å². The molecule has 2 aromatic carbocycles. The summed E-state index contributed by atoms with van der Waals surface area (Å²) in [5.74, 6) is 0.480. The Morgan fingerprint density at radius 2 is 1.86 bits per heavy atom.